The highest BCUT2D eigenvalue weighted by atomic mass is 14.9. The molecular formula is C8H18N2. The van der Waals surface area contributed by atoms with Gasteiger partial charge < -0.3 is 11.1 Å². The van der Waals surface area contributed by atoms with E-state index in [0.29, 0.717) is 6.04 Å². The number of hydrogen-bond acceptors (Lipinski definition) is 2. The fraction of sp³-hybridized carbons (Fsp3) is 0.750. The fourth-order valence-corrected chi connectivity index (χ4v) is 0.543. The number of nitrogens with two attached hydrogens (primary N) is 1. The number of hydrogen-bond donors (Lipinski definition) is 2. The predicted molar refractivity (Wildman–Crippen MR) is 45.7 cm³/mol. The van der Waals surface area contributed by atoms with E-state index in [4.69, 9.17) is 5.73 Å². The maximum atomic E-state index is 5.53. The molecule has 0 fully saturated rings. The van der Waals surface area contributed by atoms with Crippen molar-refractivity contribution in [2.45, 2.75) is 39.3 Å². The molecule has 2 heteroatoms. The van der Waals surface area contributed by atoms with Crippen molar-refractivity contribution >= 4 is 0 Å². The zero-order chi connectivity index (χ0) is 7.98. The van der Waals surface area contributed by atoms with Gasteiger partial charge in [0.05, 0.1) is 0 Å². The van der Waals surface area contributed by atoms with Crippen LogP contribution in [0.25, 0.3) is 0 Å². The van der Waals surface area contributed by atoms with Crippen LogP contribution in [0.2, 0.25) is 0 Å². The van der Waals surface area contributed by atoms with Gasteiger partial charge >= 0.3 is 0 Å². The van der Waals surface area contributed by atoms with Gasteiger partial charge in [0.15, 0.2) is 0 Å². The molecule has 0 aliphatic rings. The van der Waals surface area contributed by atoms with Crippen molar-refractivity contribution < 1.29 is 0 Å². The molecule has 60 valence electrons. The Morgan fingerprint density at radius 1 is 1.40 bits per heavy atom. The van der Waals surface area contributed by atoms with Gasteiger partial charge in [-0.2, -0.15) is 0 Å². The summed E-state index contributed by atoms with van der Waals surface area (Å²) >= 11 is 0. The monoisotopic (exact) mass is 142 g/mol. The van der Waals surface area contributed by atoms with Crippen molar-refractivity contribution in [1.29, 1.82) is 0 Å². The van der Waals surface area contributed by atoms with E-state index >= 15 is 0 Å². The van der Waals surface area contributed by atoms with Crippen LogP contribution in [0.4, 0.5) is 0 Å². The second-order valence-electron chi connectivity index (χ2n) is 2.94. The van der Waals surface area contributed by atoms with Gasteiger partial charge in [0.2, 0.25) is 0 Å². The highest BCUT2D eigenvalue weighted by molar-refractivity contribution is 4.83. The molecule has 0 aromatic rings. The molecule has 2 nitrogen and oxygen atoms in total. The summed E-state index contributed by atoms with van der Waals surface area (Å²) in [4.78, 5) is 0. The Morgan fingerprint density at radius 3 is 2.40 bits per heavy atom. The Kier molecular flexibility index (Phi) is 5.03. The van der Waals surface area contributed by atoms with Gasteiger partial charge in [0.1, 0.15) is 0 Å². The third-order valence-corrected chi connectivity index (χ3v) is 1.06. The molecule has 0 radical (unpaired) electrons. The summed E-state index contributed by atoms with van der Waals surface area (Å²) in [6.45, 7) is 6.21. The van der Waals surface area contributed by atoms with E-state index in [1.807, 2.05) is 13.1 Å². The summed E-state index contributed by atoms with van der Waals surface area (Å²) in [6, 6.07) is 0.787. The SMILES string of the molecule is CC(N)C/C=C/NC(C)C. The second kappa shape index (κ2) is 5.30. The van der Waals surface area contributed by atoms with Gasteiger partial charge in [-0.1, -0.05) is 6.08 Å². The number of nitrogens with one attached hydrogen (secondary N) is 1. The van der Waals surface area contributed by atoms with Gasteiger partial charge in [-0.15, -0.1) is 0 Å². The summed E-state index contributed by atoms with van der Waals surface area (Å²) in [6.07, 6.45) is 4.97. The quantitative estimate of drug-likeness (QED) is 0.619. The van der Waals surface area contributed by atoms with Crippen LogP contribution in [0.1, 0.15) is 27.2 Å². The van der Waals surface area contributed by atoms with Crippen molar-refractivity contribution in [3.05, 3.63) is 12.3 Å². The van der Waals surface area contributed by atoms with Crippen molar-refractivity contribution in [2.24, 2.45) is 5.73 Å². The van der Waals surface area contributed by atoms with E-state index in [0.717, 1.165) is 6.42 Å². The molecule has 0 aliphatic carbocycles. The van der Waals surface area contributed by atoms with E-state index in [1.165, 1.54) is 0 Å². The first-order valence-electron chi connectivity index (χ1n) is 3.79. The van der Waals surface area contributed by atoms with Gasteiger partial charge in [-0.25, -0.2) is 0 Å². The molecule has 10 heavy (non-hydrogen) atoms. The first kappa shape index (κ1) is 9.50. The predicted octanol–water partition coefficient (Wildman–Crippen LogP) is 1.24. The van der Waals surface area contributed by atoms with Crippen molar-refractivity contribution in [3.63, 3.8) is 0 Å². The molecule has 1 atom stereocenters. The van der Waals surface area contributed by atoms with Crippen LogP contribution >= 0.6 is 0 Å². The molecule has 0 aromatic carbocycles. The van der Waals surface area contributed by atoms with E-state index < -0.39 is 0 Å². The van der Waals surface area contributed by atoms with Gasteiger partial charge in [-0.3, -0.25) is 0 Å². The molecule has 0 aromatic heterocycles. The molecule has 0 spiro atoms. The van der Waals surface area contributed by atoms with Gasteiger partial charge in [0, 0.05) is 12.1 Å². The Morgan fingerprint density at radius 2 is 2.00 bits per heavy atom. The summed E-state index contributed by atoms with van der Waals surface area (Å²) in [5, 5.41) is 3.16. The first-order valence-corrected chi connectivity index (χ1v) is 3.79. The molecule has 0 saturated heterocycles. The molecular weight excluding hydrogens is 124 g/mol. The Balaban J connectivity index is 3.20. The van der Waals surface area contributed by atoms with Crippen molar-refractivity contribution in [2.75, 3.05) is 0 Å². The molecule has 0 saturated carbocycles. The maximum absolute atomic E-state index is 5.53. The van der Waals surface area contributed by atoms with Crippen LogP contribution < -0.4 is 11.1 Å². The fourth-order valence-electron chi connectivity index (χ4n) is 0.543. The highest BCUT2D eigenvalue weighted by Crippen LogP contribution is 1.86. The normalized spacial score (nSPS) is 14.5. The van der Waals surface area contributed by atoms with Crippen molar-refractivity contribution in [1.82, 2.24) is 5.32 Å². The third-order valence-electron chi connectivity index (χ3n) is 1.06. The standard InChI is InChI=1S/C8H18N2/c1-7(2)10-6-4-5-8(3)9/h4,6-8,10H,5,9H2,1-3H3/b6-4+. The molecule has 1 unspecified atom stereocenters. The first-order chi connectivity index (χ1) is 4.63. The smallest absolute Gasteiger partial charge is 0.0199 e. The summed E-state index contributed by atoms with van der Waals surface area (Å²) in [7, 11) is 0. The minimum Gasteiger partial charge on any atom is -0.389 e. The number of rotatable bonds is 4. The van der Waals surface area contributed by atoms with Crippen LogP contribution in [0, 0.1) is 0 Å². The van der Waals surface area contributed by atoms with Crippen LogP contribution in [0.15, 0.2) is 12.3 Å². The minimum atomic E-state index is 0.269. The second-order valence-corrected chi connectivity index (χ2v) is 2.94. The highest BCUT2D eigenvalue weighted by Gasteiger charge is 1.87. The van der Waals surface area contributed by atoms with Crippen LogP contribution in [0.3, 0.4) is 0 Å². The topological polar surface area (TPSA) is 38.0 Å². The van der Waals surface area contributed by atoms with Crippen LogP contribution in [-0.4, -0.2) is 12.1 Å². The molecule has 0 heterocycles. The van der Waals surface area contributed by atoms with Crippen LogP contribution in [0.5, 0.6) is 0 Å². The molecule has 0 aliphatic heterocycles. The molecule has 0 amide bonds. The summed E-state index contributed by atoms with van der Waals surface area (Å²) in [5.74, 6) is 0. The van der Waals surface area contributed by atoms with E-state index in [-0.39, 0.29) is 6.04 Å². The lowest BCUT2D eigenvalue weighted by Gasteiger charge is -2.03. The minimum absolute atomic E-state index is 0.269. The lowest BCUT2D eigenvalue weighted by atomic mass is 10.2. The summed E-state index contributed by atoms with van der Waals surface area (Å²) in [5.41, 5.74) is 5.53. The Labute approximate surface area is 63.5 Å². The van der Waals surface area contributed by atoms with E-state index in [2.05, 4.69) is 25.2 Å². The Bertz CT molecular complexity index is 83.4. The van der Waals surface area contributed by atoms with Crippen LogP contribution in [-0.2, 0) is 0 Å². The average molecular weight is 142 g/mol. The summed E-state index contributed by atoms with van der Waals surface area (Å²) < 4.78 is 0. The van der Waals surface area contributed by atoms with Gasteiger partial charge in [-0.05, 0) is 33.4 Å². The van der Waals surface area contributed by atoms with E-state index in [1.54, 1.807) is 0 Å². The molecule has 3 N–H and O–H groups in total. The van der Waals surface area contributed by atoms with Gasteiger partial charge in [0.25, 0.3) is 0 Å². The third kappa shape index (κ3) is 7.50. The molecule has 0 bridgehead atoms. The molecule has 0 rings (SSSR count). The van der Waals surface area contributed by atoms with E-state index in [9.17, 15) is 0 Å². The lowest BCUT2D eigenvalue weighted by molar-refractivity contribution is 0.692. The Hall–Kier alpha value is -0.500. The maximum Gasteiger partial charge on any atom is 0.0199 e. The average Bonchev–Trinajstić information content (AvgIpc) is 1.79. The lowest BCUT2D eigenvalue weighted by Crippen LogP contribution is -2.16. The zero-order valence-electron chi connectivity index (χ0n) is 7.09. The largest absolute Gasteiger partial charge is 0.389 e. The van der Waals surface area contributed by atoms with Crippen molar-refractivity contribution in [3.8, 4) is 0 Å². The zero-order valence-corrected chi connectivity index (χ0v) is 7.09.